The van der Waals surface area contributed by atoms with Crippen LogP contribution >= 0.6 is 0 Å². The molecule has 0 bridgehead atoms. The minimum absolute atomic E-state index is 0.0713. The number of amides is 1. The van der Waals surface area contributed by atoms with Crippen LogP contribution in [-0.4, -0.2) is 41.8 Å². The molecule has 1 amide bonds. The van der Waals surface area contributed by atoms with Crippen molar-refractivity contribution in [3.05, 3.63) is 11.6 Å². The lowest BCUT2D eigenvalue weighted by molar-refractivity contribution is -0.0534. The van der Waals surface area contributed by atoms with Crippen LogP contribution in [0.3, 0.4) is 0 Å². The molecule has 40 heavy (non-hydrogen) atoms. The molecule has 5 nitrogen and oxygen atoms in total. The summed E-state index contributed by atoms with van der Waals surface area (Å²) >= 11 is 0. The van der Waals surface area contributed by atoms with Crippen LogP contribution in [0.1, 0.15) is 125 Å². The molecule has 230 valence electrons. The summed E-state index contributed by atoms with van der Waals surface area (Å²) in [5.74, 6) is 5.69. The highest BCUT2D eigenvalue weighted by atomic mass is 16.4. The zero-order valence-corrected chi connectivity index (χ0v) is 26.7. The van der Waals surface area contributed by atoms with Crippen LogP contribution in [0.2, 0.25) is 0 Å². The minimum Gasteiger partial charge on any atom is -0.465 e. The molecule has 0 aromatic carbocycles. The summed E-state index contributed by atoms with van der Waals surface area (Å²) in [6.45, 7) is 14.3. The SMILES string of the molecule is CC(C)CCC[C@@H](C)[C@H]1CC[C@H]2[C@@H]3CC=C4C[C@@H](C(N)CCN(CCCCN)C(=O)O)CC[C@]4(C)[C@H]3CC[C@]12C. The predicted molar refractivity (Wildman–Crippen MR) is 167 cm³/mol. The second-order valence-electron chi connectivity index (χ2n) is 15.5. The number of nitrogens with zero attached hydrogens (tertiary/aromatic N) is 1. The van der Waals surface area contributed by atoms with Gasteiger partial charge >= 0.3 is 6.09 Å². The fourth-order valence-corrected chi connectivity index (χ4v) is 10.4. The molecule has 0 aliphatic heterocycles. The molecule has 0 aromatic heterocycles. The van der Waals surface area contributed by atoms with Crippen molar-refractivity contribution >= 4 is 6.09 Å². The molecule has 5 heteroatoms. The van der Waals surface area contributed by atoms with Crippen LogP contribution in [-0.2, 0) is 0 Å². The first-order chi connectivity index (χ1) is 19.0. The van der Waals surface area contributed by atoms with Crippen molar-refractivity contribution in [3.8, 4) is 0 Å². The molecule has 0 heterocycles. The van der Waals surface area contributed by atoms with E-state index in [9.17, 15) is 9.90 Å². The van der Waals surface area contributed by atoms with Crippen LogP contribution in [0.25, 0.3) is 0 Å². The molecular weight excluding hydrogens is 494 g/mol. The predicted octanol–water partition coefficient (Wildman–Crippen LogP) is 8.08. The van der Waals surface area contributed by atoms with Gasteiger partial charge in [-0.25, -0.2) is 4.79 Å². The summed E-state index contributed by atoms with van der Waals surface area (Å²) < 4.78 is 0. The van der Waals surface area contributed by atoms with Gasteiger partial charge in [0.25, 0.3) is 0 Å². The molecule has 0 saturated heterocycles. The highest BCUT2D eigenvalue weighted by Crippen LogP contribution is 2.67. The number of fused-ring (bicyclic) bond motifs is 5. The monoisotopic (exact) mass is 557 g/mol. The lowest BCUT2D eigenvalue weighted by Crippen LogP contribution is -2.51. The number of unbranched alkanes of at least 4 members (excludes halogenated alkanes) is 1. The largest absolute Gasteiger partial charge is 0.465 e. The van der Waals surface area contributed by atoms with Gasteiger partial charge in [-0.05, 0) is 129 Å². The van der Waals surface area contributed by atoms with Crippen molar-refractivity contribution in [2.75, 3.05) is 19.6 Å². The van der Waals surface area contributed by atoms with Gasteiger partial charge in [0.1, 0.15) is 0 Å². The van der Waals surface area contributed by atoms with Crippen molar-refractivity contribution in [2.24, 2.45) is 63.7 Å². The first kappa shape index (κ1) is 31.9. The molecule has 0 spiro atoms. The molecule has 0 radical (unpaired) electrons. The van der Waals surface area contributed by atoms with Crippen molar-refractivity contribution in [1.29, 1.82) is 0 Å². The Hall–Kier alpha value is -1.07. The Morgan fingerprint density at radius 1 is 1.00 bits per heavy atom. The molecule has 3 fully saturated rings. The Morgan fingerprint density at radius 3 is 2.48 bits per heavy atom. The van der Waals surface area contributed by atoms with E-state index in [4.69, 9.17) is 11.5 Å². The number of carbonyl (C=O) groups is 1. The lowest BCUT2D eigenvalue weighted by Gasteiger charge is -2.59. The minimum atomic E-state index is -0.829. The maximum Gasteiger partial charge on any atom is 0.407 e. The first-order valence-corrected chi connectivity index (χ1v) is 17.1. The second-order valence-corrected chi connectivity index (χ2v) is 15.5. The summed E-state index contributed by atoms with van der Waals surface area (Å²) in [4.78, 5) is 13.3. The Bertz CT molecular complexity index is 873. The fourth-order valence-electron chi connectivity index (χ4n) is 10.4. The molecule has 9 atom stereocenters. The van der Waals surface area contributed by atoms with Gasteiger partial charge in [-0.2, -0.15) is 0 Å². The number of rotatable bonds is 13. The lowest BCUT2D eigenvalue weighted by atomic mass is 9.46. The third-order valence-electron chi connectivity index (χ3n) is 12.8. The molecule has 5 N–H and O–H groups in total. The zero-order valence-electron chi connectivity index (χ0n) is 26.7. The highest BCUT2D eigenvalue weighted by molar-refractivity contribution is 5.64. The van der Waals surface area contributed by atoms with Gasteiger partial charge in [-0.3, -0.25) is 0 Å². The summed E-state index contributed by atoms with van der Waals surface area (Å²) in [6, 6.07) is 0.0713. The topological polar surface area (TPSA) is 92.6 Å². The molecular formula is C35H63N3O2. The average Bonchev–Trinajstić information content (AvgIpc) is 3.26. The van der Waals surface area contributed by atoms with Gasteiger partial charge in [-0.15, -0.1) is 0 Å². The molecule has 4 rings (SSSR count). The Balaban J connectivity index is 1.36. The van der Waals surface area contributed by atoms with E-state index in [1.807, 2.05) is 0 Å². The van der Waals surface area contributed by atoms with Crippen molar-refractivity contribution < 1.29 is 9.90 Å². The summed E-state index contributed by atoms with van der Waals surface area (Å²) in [7, 11) is 0. The third kappa shape index (κ3) is 6.61. The van der Waals surface area contributed by atoms with Crippen LogP contribution in [0.5, 0.6) is 0 Å². The number of allylic oxidation sites excluding steroid dienone is 2. The quantitative estimate of drug-likeness (QED) is 0.158. The molecule has 4 aliphatic carbocycles. The van der Waals surface area contributed by atoms with E-state index in [0.29, 0.717) is 36.4 Å². The average molecular weight is 558 g/mol. The Kier molecular flexibility index (Phi) is 10.7. The second kappa shape index (κ2) is 13.5. The normalized spacial score (nSPS) is 36.8. The number of carboxylic acid groups (broad SMARTS) is 1. The van der Waals surface area contributed by atoms with E-state index in [0.717, 1.165) is 61.2 Å². The van der Waals surface area contributed by atoms with Crippen LogP contribution in [0.4, 0.5) is 4.79 Å². The van der Waals surface area contributed by atoms with Crippen LogP contribution < -0.4 is 11.5 Å². The summed E-state index contributed by atoms with van der Waals surface area (Å²) in [5, 5.41) is 9.63. The number of hydrogen-bond acceptors (Lipinski definition) is 3. The molecule has 0 aromatic rings. The maximum atomic E-state index is 11.7. The maximum absolute atomic E-state index is 11.7. The van der Waals surface area contributed by atoms with Crippen molar-refractivity contribution in [1.82, 2.24) is 4.90 Å². The van der Waals surface area contributed by atoms with Gasteiger partial charge in [0, 0.05) is 19.1 Å². The van der Waals surface area contributed by atoms with Crippen molar-refractivity contribution in [3.63, 3.8) is 0 Å². The number of hydrogen-bond donors (Lipinski definition) is 3. The van der Waals surface area contributed by atoms with E-state index >= 15 is 0 Å². The molecule has 4 aliphatic rings. The van der Waals surface area contributed by atoms with Crippen molar-refractivity contribution in [2.45, 2.75) is 131 Å². The highest BCUT2D eigenvalue weighted by Gasteiger charge is 2.59. The van der Waals surface area contributed by atoms with E-state index in [2.05, 4.69) is 40.7 Å². The van der Waals surface area contributed by atoms with Crippen LogP contribution in [0.15, 0.2) is 11.6 Å². The van der Waals surface area contributed by atoms with E-state index < -0.39 is 6.09 Å². The third-order valence-corrected chi connectivity index (χ3v) is 12.8. The smallest absolute Gasteiger partial charge is 0.407 e. The van der Waals surface area contributed by atoms with Gasteiger partial charge < -0.3 is 21.5 Å². The Labute approximate surface area is 246 Å². The molecule has 1 unspecified atom stereocenters. The van der Waals surface area contributed by atoms with E-state index in [1.165, 1.54) is 64.2 Å². The standard InChI is InChI=1S/C35H63N3O2/c1-24(2)9-8-10-25(3)29-13-14-30-28-12-11-27-23-26(15-18-34(27,4)31(28)16-19-35(29,30)5)32(37)17-22-38(33(39)40)21-7-6-20-36/h11,24-26,28-32H,6-10,12-23,36-37H2,1-5H3,(H,39,40)/t25-,26+,28+,29-,30+,31+,32?,34+,35-/m1/s1. The number of nitrogens with two attached hydrogens (primary N) is 2. The first-order valence-electron chi connectivity index (χ1n) is 17.1. The summed E-state index contributed by atoms with van der Waals surface area (Å²) in [5.41, 5.74) is 14.9. The van der Waals surface area contributed by atoms with Crippen LogP contribution in [0, 0.1) is 52.3 Å². The van der Waals surface area contributed by atoms with E-state index in [1.54, 1.807) is 10.5 Å². The molecule has 3 saturated carbocycles. The summed E-state index contributed by atoms with van der Waals surface area (Å²) in [6.07, 6.45) is 19.1. The Morgan fingerprint density at radius 2 is 1.77 bits per heavy atom. The zero-order chi connectivity index (χ0) is 29.1. The van der Waals surface area contributed by atoms with E-state index in [-0.39, 0.29) is 6.04 Å². The fraction of sp³-hybridized carbons (Fsp3) is 0.914. The van der Waals surface area contributed by atoms with Gasteiger partial charge in [0.2, 0.25) is 0 Å². The van der Waals surface area contributed by atoms with Gasteiger partial charge in [0.15, 0.2) is 0 Å². The van der Waals surface area contributed by atoms with Gasteiger partial charge in [-0.1, -0.05) is 65.5 Å². The van der Waals surface area contributed by atoms with Gasteiger partial charge in [0.05, 0.1) is 0 Å².